The van der Waals surface area contributed by atoms with Gasteiger partial charge in [0.25, 0.3) is 5.91 Å². The molecule has 0 aromatic rings. The highest BCUT2D eigenvalue weighted by atomic mass is 16.6. The Hall–Kier alpha value is -3.33. The number of carbonyl (C=O) groups is 5. The molecule has 0 saturated carbocycles. The summed E-state index contributed by atoms with van der Waals surface area (Å²) in [5.41, 5.74) is -0.432. The summed E-state index contributed by atoms with van der Waals surface area (Å²) in [5, 5.41) is 12.9. The SMILES string of the molecule is CCC(=O)O[C@@H]1/C=C\C(C)=C/C[C@H](O)/C=C\C(C)=C/[C@@H](NC(=O)C(C)=O)[C@]2(C)C(=O)O[C@H](C1)[C@@H](C)C2=O. The van der Waals surface area contributed by atoms with E-state index in [9.17, 15) is 29.1 Å². The number of fused-ring (bicyclic) bond motifs is 10. The fraction of sp³-hybridized carbons (Fsp3) is 0.536. The quantitative estimate of drug-likeness (QED) is 0.331. The van der Waals surface area contributed by atoms with Crippen molar-refractivity contribution in [1.29, 1.82) is 0 Å². The molecule has 1 fully saturated rings. The highest BCUT2D eigenvalue weighted by Crippen LogP contribution is 2.38. The van der Waals surface area contributed by atoms with Crippen molar-refractivity contribution in [2.75, 3.05) is 0 Å². The first-order chi connectivity index (χ1) is 17.3. The average molecular weight is 516 g/mol. The van der Waals surface area contributed by atoms with Crippen molar-refractivity contribution >= 4 is 29.4 Å². The molecule has 1 amide bonds. The zero-order chi connectivity index (χ0) is 27.9. The maximum atomic E-state index is 13.7. The maximum Gasteiger partial charge on any atom is 0.322 e. The predicted octanol–water partition coefficient (Wildman–Crippen LogP) is 2.68. The van der Waals surface area contributed by atoms with Crippen LogP contribution in [0, 0.1) is 11.3 Å². The lowest BCUT2D eigenvalue weighted by atomic mass is 9.69. The first-order valence-electron chi connectivity index (χ1n) is 12.5. The van der Waals surface area contributed by atoms with Gasteiger partial charge in [-0.25, -0.2) is 0 Å². The Morgan fingerprint density at radius 3 is 2.43 bits per heavy atom. The van der Waals surface area contributed by atoms with Crippen LogP contribution in [0.5, 0.6) is 0 Å². The number of allylic oxidation sites excluding steroid dienone is 4. The summed E-state index contributed by atoms with van der Waals surface area (Å²) in [6.45, 7) is 9.28. The van der Waals surface area contributed by atoms with Gasteiger partial charge in [0.2, 0.25) is 5.78 Å². The van der Waals surface area contributed by atoms with Gasteiger partial charge in [-0.1, -0.05) is 55.4 Å². The van der Waals surface area contributed by atoms with Crippen molar-refractivity contribution in [3.05, 3.63) is 47.6 Å². The number of ketones is 2. The van der Waals surface area contributed by atoms with Gasteiger partial charge in [0.1, 0.15) is 17.6 Å². The van der Waals surface area contributed by atoms with E-state index in [0.717, 1.165) is 12.5 Å². The zero-order valence-electron chi connectivity index (χ0n) is 22.3. The van der Waals surface area contributed by atoms with E-state index in [1.807, 2.05) is 13.0 Å². The molecular formula is C28H37NO8. The number of aliphatic hydroxyl groups is 1. The van der Waals surface area contributed by atoms with E-state index in [2.05, 4.69) is 5.32 Å². The van der Waals surface area contributed by atoms with Crippen LogP contribution in [0.2, 0.25) is 0 Å². The van der Waals surface area contributed by atoms with Crippen molar-refractivity contribution in [3.63, 3.8) is 0 Å². The number of hydrogen-bond donors (Lipinski definition) is 2. The van der Waals surface area contributed by atoms with Crippen LogP contribution < -0.4 is 5.32 Å². The standard InChI is InChI=1S/C28H37NO8/c1-7-24(32)36-21-13-10-16(2)8-11-20(31)12-9-17(3)14-23(29-26(34)19(5)30)28(6)25(33)18(4)22(15-21)37-27(28)35/h8-10,12-14,18,20-23,31H,7,11,15H2,1-6H3,(H,29,34)/b12-9-,13-10-,16-8-,17-14-/t18-,20+,21-,22-,23-,28+/m1/s1. The van der Waals surface area contributed by atoms with E-state index < -0.39 is 65.1 Å². The Labute approximate surface area is 217 Å². The second kappa shape index (κ2) is 12.8. The summed E-state index contributed by atoms with van der Waals surface area (Å²) < 4.78 is 11.3. The number of rotatable bonds is 4. The number of ether oxygens (including phenoxy) is 2. The molecule has 2 N–H and O–H groups in total. The summed E-state index contributed by atoms with van der Waals surface area (Å²) in [4.78, 5) is 63.1. The van der Waals surface area contributed by atoms with Crippen LogP contribution in [-0.2, 0) is 33.4 Å². The van der Waals surface area contributed by atoms with Crippen LogP contribution in [-0.4, -0.2) is 58.9 Å². The van der Waals surface area contributed by atoms with Crippen molar-refractivity contribution in [2.45, 2.75) is 85.2 Å². The zero-order valence-corrected chi connectivity index (χ0v) is 22.3. The molecule has 6 atom stereocenters. The first kappa shape index (κ1) is 29.9. The smallest absolute Gasteiger partial charge is 0.322 e. The number of Topliss-reactive ketones (excluding diaryl/α,β-unsaturated/α-hetero) is 2. The van der Waals surface area contributed by atoms with Crippen molar-refractivity contribution in [1.82, 2.24) is 5.32 Å². The van der Waals surface area contributed by atoms with Gasteiger partial charge < -0.3 is 19.9 Å². The molecule has 9 nitrogen and oxygen atoms in total. The summed E-state index contributed by atoms with van der Waals surface area (Å²) in [5.74, 6) is -4.28. The molecule has 0 unspecified atom stereocenters. The molecule has 3 rings (SSSR count). The third-order valence-electron chi connectivity index (χ3n) is 6.70. The third-order valence-corrected chi connectivity index (χ3v) is 6.70. The molecule has 2 aliphatic heterocycles. The van der Waals surface area contributed by atoms with Crippen LogP contribution in [0.1, 0.15) is 60.8 Å². The Kier molecular flexibility index (Phi) is 10.3. The average Bonchev–Trinajstić information content (AvgIpc) is 2.85. The van der Waals surface area contributed by atoms with Gasteiger partial charge in [0, 0.05) is 19.8 Å². The van der Waals surface area contributed by atoms with Gasteiger partial charge in [0.05, 0.1) is 18.1 Å². The lowest BCUT2D eigenvalue weighted by Crippen LogP contribution is -2.61. The van der Waals surface area contributed by atoms with Gasteiger partial charge in [-0.05, 0) is 33.3 Å². The Morgan fingerprint density at radius 1 is 1.16 bits per heavy atom. The number of hydrogen-bond acceptors (Lipinski definition) is 8. The normalized spacial score (nSPS) is 35.6. The molecule has 1 aliphatic carbocycles. The molecular weight excluding hydrogens is 478 g/mol. The van der Waals surface area contributed by atoms with Crippen molar-refractivity contribution in [3.8, 4) is 0 Å². The molecule has 3 aliphatic rings. The summed E-state index contributed by atoms with van der Waals surface area (Å²) >= 11 is 0. The van der Waals surface area contributed by atoms with Gasteiger partial charge in [0.15, 0.2) is 5.78 Å². The van der Waals surface area contributed by atoms with Gasteiger partial charge in [-0.3, -0.25) is 24.0 Å². The van der Waals surface area contributed by atoms with E-state index >= 15 is 0 Å². The summed E-state index contributed by atoms with van der Waals surface area (Å²) in [7, 11) is 0. The first-order valence-corrected chi connectivity index (χ1v) is 12.5. The van der Waals surface area contributed by atoms with E-state index in [-0.39, 0.29) is 12.8 Å². The summed E-state index contributed by atoms with van der Waals surface area (Å²) in [6.07, 6.45) is 8.00. The number of nitrogens with one attached hydrogen (secondary N) is 1. The molecule has 9 heteroatoms. The predicted molar refractivity (Wildman–Crippen MR) is 136 cm³/mol. The molecule has 37 heavy (non-hydrogen) atoms. The number of esters is 2. The third kappa shape index (κ3) is 7.58. The minimum atomic E-state index is -1.81. The topological polar surface area (TPSA) is 136 Å². The van der Waals surface area contributed by atoms with Crippen LogP contribution in [0.4, 0.5) is 0 Å². The van der Waals surface area contributed by atoms with E-state index in [1.54, 1.807) is 45.1 Å². The van der Waals surface area contributed by atoms with Crippen molar-refractivity contribution in [2.24, 2.45) is 11.3 Å². The molecule has 2 heterocycles. The lowest BCUT2D eigenvalue weighted by Gasteiger charge is -2.42. The lowest BCUT2D eigenvalue weighted by molar-refractivity contribution is -0.182. The fourth-order valence-corrected chi connectivity index (χ4v) is 4.17. The highest BCUT2D eigenvalue weighted by molar-refractivity contribution is 6.35. The molecule has 2 bridgehead atoms. The summed E-state index contributed by atoms with van der Waals surface area (Å²) in [6, 6.07) is -1.18. The van der Waals surface area contributed by atoms with Crippen LogP contribution >= 0.6 is 0 Å². The molecule has 0 aromatic heterocycles. The minimum Gasteiger partial charge on any atom is -0.461 e. The number of aliphatic hydroxyl groups excluding tert-OH is 1. The maximum absolute atomic E-state index is 13.7. The largest absolute Gasteiger partial charge is 0.461 e. The fourth-order valence-electron chi connectivity index (χ4n) is 4.17. The molecule has 0 aromatic carbocycles. The highest BCUT2D eigenvalue weighted by Gasteiger charge is 2.56. The second-order valence-corrected chi connectivity index (χ2v) is 9.80. The van der Waals surface area contributed by atoms with Gasteiger partial charge >= 0.3 is 11.9 Å². The Balaban J connectivity index is 2.60. The minimum absolute atomic E-state index is 0.0633. The van der Waals surface area contributed by atoms with Crippen molar-refractivity contribution < 1.29 is 38.6 Å². The van der Waals surface area contributed by atoms with E-state index in [1.165, 1.54) is 13.0 Å². The Bertz CT molecular complexity index is 1050. The van der Waals surface area contributed by atoms with Crippen LogP contribution in [0.15, 0.2) is 47.6 Å². The van der Waals surface area contributed by atoms with E-state index in [4.69, 9.17) is 9.47 Å². The van der Waals surface area contributed by atoms with Crippen LogP contribution in [0.3, 0.4) is 0 Å². The monoisotopic (exact) mass is 515 g/mol. The molecule has 0 radical (unpaired) electrons. The van der Waals surface area contributed by atoms with Gasteiger partial charge in [-0.15, -0.1) is 0 Å². The second-order valence-electron chi connectivity index (χ2n) is 9.80. The molecule has 202 valence electrons. The number of amides is 1. The molecule has 0 spiro atoms. The molecule has 1 saturated heterocycles. The number of carbonyl (C=O) groups excluding carboxylic acids is 5. The van der Waals surface area contributed by atoms with Gasteiger partial charge in [-0.2, -0.15) is 0 Å². The Morgan fingerprint density at radius 2 is 1.81 bits per heavy atom. The van der Waals surface area contributed by atoms with E-state index in [0.29, 0.717) is 12.0 Å². The van der Waals surface area contributed by atoms with Crippen LogP contribution in [0.25, 0.3) is 0 Å².